The Labute approximate surface area is 161 Å². The zero-order valence-corrected chi connectivity index (χ0v) is 15.7. The molecule has 0 unspecified atom stereocenters. The van der Waals surface area contributed by atoms with Crippen molar-refractivity contribution in [1.29, 1.82) is 0 Å². The molecule has 1 aromatic carbocycles. The van der Waals surface area contributed by atoms with Gasteiger partial charge in [0.05, 0.1) is 23.4 Å². The number of benzene rings is 1. The summed E-state index contributed by atoms with van der Waals surface area (Å²) in [5.74, 6) is 0.104. The molecule has 1 fully saturated rings. The van der Waals surface area contributed by atoms with E-state index in [4.69, 9.17) is 0 Å². The predicted molar refractivity (Wildman–Crippen MR) is 104 cm³/mol. The first kappa shape index (κ1) is 16.7. The standard InChI is InChI=1S/C21H21N3O2S/c25-19-18(24-12-9-22-14-24)15-4-1-2-5-16(15)21(19)7-10-23(11-8-21)20(26)17-6-3-13-27-17/h1-6,9,12-14,18-19,25H,7-8,10-11H2/t18-,19+/m1/s1. The molecule has 1 saturated heterocycles. The van der Waals surface area contributed by atoms with Gasteiger partial charge in [-0.1, -0.05) is 30.3 Å². The van der Waals surface area contributed by atoms with Crippen LogP contribution >= 0.6 is 11.3 Å². The Morgan fingerprint density at radius 1 is 1.19 bits per heavy atom. The first-order valence-corrected chi connectivity index (χ1v) is 10.2. The third-order valence-corrected chi connectivity index (χ3v) is 7.06. The number of aliphatic hydroxyl groups excluding tert-OH is 1. The van der Waals surface area contributed by atoms with Gasteiger partial charge in [-0.15, -0.1) is 11.3 Å². The number of fused-ring (bicyclic) bond motifs is 2. The first-order chi connectivity index (χ1) is 13.2. The minimum absolute atomic E-state index is 0.104. The van der Waals surface area contributed by atoms with Crippen molar-refractivity contribution in [2.45, 2.75) is 30.4 Å². The average molecular weight is 379 g/mol. The molecule has 5 rings (SSSR count). The minimum Gasteiger partial charge on any atom is -0.390 e. The van der Waals surface area contributed by atoms with Gasteiger partial charge >= 0.3 is 0 Å². The maximum Gasteiger partial charge on any atom is 0.263 e. The van der Waals surface area contributed by atoms with Crippen LogP contribution in [0.1, 0.15) is 39.7 Å². The van der Waals surface area contributed by atoms with Crippen LogP contribution in [0.4, 0.5) is 0 Å². The summed E-state index contributed by atoms with van der Waals surface area (Å²) in [6, 6.07) is 12.0. The van der Waals surface area contributed by atoms with Crippen molar-refractivity contribution >= 4 is 17.2 Å². The summed E-state index contributed by atoms with van der Waals surface area (Å²) in [6.45, 7) is 1.33. The highest BCUT2D eigenvalue weighted by molar-refractivity contribution is 7.12. The van der Waals surface area contributed by atoms with Crippen molar-refractivity contribution in [1.82, 2.24) is 14.5 Å². The number of carbonyl (C=O) groups excluding carboxylic acids is 1. The Hall–Kier alpha value is -2.44. The van der Waals surface area contributed by atoms with Crippen LogP contribution in [0.15, 0.2) is 60.5 Å². The molecule has 1 aliphatic heterocycles. The number of hydrogen-bond acceptors (Lipinski definition) is 4. The number of rotatable bonds is 2. The number of hydrogen-bond donors (Lipinski definition) is 1. The monoisotopic (exact) mass is 379 g/mol. The van der Waals surface area contributed by atoms with Crippen LogP contribution in [0.5, 0.6) is 0 Å². The van der Waals surface area contributed by atoms with E-state index in [1.165, 1.54) is 22.5 Å². The molecule has 1 amide bonds. The van der Waals surface area contributed by atoms with Crippen LogP contribution in [-0.2, 0) is 5.41 Å². The zero-order chi connectivity index (χ0) is 18.4. The summed E-state index contributed by atoms with van der Waals surface area (Å²) >= 11 is 1.49. The Bertz CT molecular complexity index is 944. The number of aromatic nitrogens is 2. The number of imidazole rings is 1. The molecule has 5 nitrogen and oxygen atoms in total. The number of nitrogens with zero attached hydrogens (tertiary/aromatic N) is 3. The van der Waals surface area contributed by atoms with Crippen molar-refractivity contribution in [2.75, 3.05) is 13.1 Å². The molecule has 2 aliphatic rings. The van der Waals surface area contributed by atoms with E-state index in [9.17, 15) is 9.90 Å². The van der Waals surface area contributed by atoms with Crippen LogP contribution in [0.25, 0.3) is 0 Å². The number of carbonyl (C=O) groups is 1. The quantitative estimate of drug-likeness (QED) is 0.744. The molecule has 1 N–H and O–H groups in total. The van der Waals surface area contributed by atoms with Crippen molar-refractivity contribution in [3.05, 3.63) is 76.5 Å². The van der Waals surface area contributed by atoms with E-state index in [0.717, 1.165) is 17.7 Å². The van der Waals surface area contributed by atoms with Crippen molar-refractivity contribution < 1.29 is 9.90 Å². The van der Waals surface area contributed by atoms with E-state index in [-0.39, 0.29) is 17.4 Å². The molecule has 0 bridgehead atoms. The minimum atomic E-state index is -0.525. The first-order valence-electron chi connectivity index (χ1n) is 9.28. The summed E-state index contributed by atoms with van der Waals surface area (Å²) in [4.78, 5) is 19.6. The lowest BCUT2D eigenvalue weighted by molar-refractivity contribution is 0.0210. The van der Waals surface area contributed by atoms with Crippen LogP contribution in [0.3, 0.4) is 0 Å². The van der Waals surface area contributed by atoms with Gasteiger partial charge in [-0.25, -0.2) is 4.98 Å². The molecule has 0 radical (unpaired) electrons. The van der Waals surface area contributed by atoms with E-state index in [2.05, 4.69) is 17.1 Å². The SMILES string of the molecule is O=C(c1cccs1)N1CCC2(CC1)c1ccccc1[C@@H](n1ccnc1)[C@@H]2O. The lowest BCUT2D eigenvalue weighted by Crippen LogP contribution is -2.49. The van der Waals surface area contributed by atoms with Gasteiger partial charge in [-0.05, 0) is 35.4 Å². The Kier molecular flexibility index (Phi) is 3.91. The van der Waals surface area contributed by atoms with E-state index in [1.54, 1.807) is 12.5 Å². The Morgan fingerprint density at radius 3 is 2.70 bits per heavy atom. The van der Waals surface area contributed by atoms with Gasteiger partial charge in [-0.3, -0.25) is 4.79 Å². The summed E-state index contributed by atoms with van der Waals surface area (Å²) in [6.07, 6.45) is 6.46. The molecule has 2 atom stereocenters. The van der Waals surface area contributed by atoms with Gasteiger partial charge in [-0.2, -0.15) is 0 Å². The number of likely N-dealkylation sites (tertiary alicyclic amines) is 1. The zero-order valence-electron chi connectivity index (χ0n) is 14.9. The summed E-state index contributed by atoms with van der Waals surface area (Å²) < 4.78 is 2.00. The van der Waals surface area contributed by atoms with Gasteiger partial charge in [0.25, 0.3) is 5.91 Å². The van der Waals surface area contributed by atoms with E-state index < -0.39 is 6.10 Å². The van der Waals surface area contributed by atoms with Crippen LogP contribution in [0, 0.1) is 0 Å². The Morgan fingerprint density at radius 2 is 2.00 bits per heavy atom. The largest absolute Gasteiger partial charge is 0.390 e. The fourth-order valence-corrected chi connectivity index (χ4v) is 5.52. The summed E-state index contributed by atoms with van der Waals surface area (Å²) in [5.41, 5.74) is 2.08. The highest BCUT2D eigenvalue weighted by Crippen LogP contribution is 2.52. The molecule has 3 heterocycles. The van der Waals surface area contributed by atoms with Gasteiger partial charge < -0.3 is 14.6 Å². The number of piperidine rings is 1. The van der Waals surface area contributed by atoms with Crippen molar-refractivity contribution in [3.63, 3.8) is 0 Å². The maximum absolute atomic E-state index is 12.7. The van der Waals surface area contributed by atoms with Crippen LogP contribution in [0.2, 0.25) is 0 Å². The molecule has 0 saturated carbocycles. The summed E-state index contributed by atoms with van der Waals surface area (Å²) in [5, 5.41) is 13.4. The second-order valence-electron chi connectivity index (χ2n) is 7.41. The molecule has 6 heteroatoms. The molecule has 138 valence electrons. The number of amides is 1. The van der Waals surface area contributed by atoms with E-state index in [0.29, 0.717) is 13.1 Å². The van der Waals surface area contributed by atoms with Gasteiger partial charge in [0.2, 0.25) is 0 Å². The molecule has 1 spiro atoms. The lowest BCUT2D eigenvalue weighted by Gasteiger charge is -2.42. The normalized spacial score (nSPS) is 23.5. The third kappa shape index (κ3) is 2.47. The van der Waals surface area contributed by atoms with Crippen LogP contribution in [-0.4, -0.2) is 44.7 Å². The molecular weight excluding hydrogens is 358 g/mol. The smallest absolute Gasteiger partial charge is 0.263 e. The predicted octanol–water partition coefficient (Wildman–Crippen LogP) is 3.08. The van der Waals surface area contributed by atoms with Crippen molar-refractivity contribution in [2.24, 2.45) is 0 Å². The summed E-state index contributed by atoms with van der Waals surface area (Å²) in [7, 11) is 0. The highest BCUT2D eigenvalue weighted by atomic mass is 32.1. The average Bonchev–Trinajstić information content (AvgIpc) is 3.45. The second-order valence-corrected chi connectivity index (χ2v) is 8.36. The van der Waals surface area contributed by atoms with E-state index in [1.807, 2.05) is 45.3 Å². The number of thiophene rings is 1. The fraction of sp³-hybridized carbons (Fsp3) is 0.333. The molecular formula is C21H21N3O2S. The number of aliphatic hydroxyl groups is 1. The van der Waals surface area contributed by atoms with Gasteiger partial charge in [0.1, 0.15) is 0 Å². The van der Waals surface area contributed by atoms with Crippen LogP contribution < -0.4 is 0 Å². The third-order valence-electron chi connectivity index (χ3n) is 6.20. The topological polar surface area (TPSA) is 58.4 Å². The van der Waals surface area contributed by atoms with Crippen molar-refractivity contribution in [3.8, 4) is 0 Å². The fourth-order valence-electron chi connectivity index (χ4n) is 4.83. The van der Waals surface area contributed by atoms with Gasteiger partial charge in [0.15, 0.2) is 0 Å². The Balaban J connectivity index is 1.46. The highest BCUT2D eigenvalue weighted by Gasteiger charge is 2.53. The molecule has 2 aromatic heterocycles. The van der Waals surface area contributed by atoms with E-state index >= 15 is 0 Å². The van der Waals surface area contributed by atoms with Gasteiger partial charge in [0, 0.05) is 30.9 Å². The maximum atomic E-state index is 12.7. The molecule has 1 aliphatic carbocycles. The lowest BCUT2D eigenvalue weighted by atomic mass is 9.72. The second kappa shape index (κ2) is 6.32. The molecule has 3 aromatic rings. The molecule has 27 heavy (non-hydrogen) atoms.